The Morgan fingerprint density at radius 1 is 1.03 bits per heavy atom. The predicted molar refractivity (Wildman–Crippen MR) is 136 cm³/mol. The lowest BCUT2D eigenvalue weighted by atomic mass is 9.54. The molecule has 1 saturated carbocycles. The minimum absolute atomic E-state index is 0.175. The fraction of sp³-hybridized carbons (Fsp3) is 0.321. The number of amides is 1. The first-order chi connectivity index (χ1) is 17.8. The Labute approximate surface area is 217 Å². The number of nitrogens with two attached hydrogens (primary N) is 1. The van der Waals surface area contributed by atoms with E-state index in [0.29, 0.717) is 11.1 Å². The number of aromatic hydroxyl groups is 1. The van der Waals surface area contributed by atoms with E-state index < -0.39 is 75.0 Å². The molecule has 0 aliphatic heterocycles. The Bertz CT molecular complexity index is 1470. The largest absolute Gasteiger partial charge is 0.508 e. The van der Waals surface area contributed by atoms with Crippen LogP contribution in [0.3, 0.4) is 0 Å². The highest BCUT2D eigenvalue weighted by Gasteiger charge is 2.66. The van der Waals surface area contributed by atoms with Crippen LogP contribution in [0.15, 0.2) is 59.4 Å². The molecule has 2 aromatic rings. The first-order valence-electron chi connectivity index (χ1n) is 12.0. The summed E-state index contributed by atoms with van der Waals surface area (Å²) in [5.41, 5.74) is 0.536. The molecule has 0 heterocycles. The number of fused-ring (bicyclic) bond motifs is 3. The Kier molecular flexibility index (Phi) is 5.57. The number of benzene rings is 2. The summed E-state index contributed by atoms with van der Waals surface area (Å²) in [6.07, 6.45) is -0.233. The van der Waals surface area contributed by atoms with Crippen LogP contribution in [-0.4, -0.2) is 73.6 Å². The fourth-order valence-corrected chi connectivity index (χ4v) is 6.49. The maximum Gasteiger partial charge on any atom is 0.255 e. The molecule has 0 saturated heterocycles. The molecule has 198 valence electrons. The number of aliphatic hydroxyl groups excluding tert-OH is 2. The predicted octanol–water partition coefficient (Wildman–Crippen LogP) is 1.30. The summed E-state index contributed by atoms with van der Waals surface area (Å²) in [6.45, 7) is 1.44. The Morgan fingerprint density at radius 2 is 1.66 bits per heavy atom. The molecule has 3 aliphatic rings. The SMILES string of the molecule is CN(C)[C@@H]1C(=O)C(C(N)=O)=C(O)[C@@]2(O)C(=O)C3=C(O)c4c(O)ccc(-c5ccccc5)c4[C@@](C)(O)[C@H]3C[C@@H]12. The van der Waals surface area contributed by atoms with Crippen molar-refractivity contribution in [3.05, 3.63) is 70.5 Å². The molecule has 38 heavy (non-hydrogen) atoms. The summed E-state index contributed by atoms with van der Waals surface area (Å²) >= 11 is 0. The maximum atomic E-state index is 14.0. The number of ketones is 2. The molecule has 3 aliphatic carbocycles. The van der Waals surface area contributed by atoms with Crippen LogP contribution in [0.4, 0.5) is 0 Å². The van der Waals surface area contributed by atoms with Crippen LogP contribution in [0.5, 0.6) is 5.75 Å². The van der Waals surface area contributed by atoms with E-state index in [2.05, 4.69) is 0 Å². The molecule has 1 amide bonds. The highest BCUT2D eigenvalue weighted by atomic mass is 16.3. The van der Waals surface area contributed by atoms with Gasteiger partial charge in [-0.2, -0.15) is 0 Å². The number of phenolic OH excluding ortho intramolecular Hbond substituents is 1. The molecule has 0 bridgehead atoms. The fourth-order valence-electron chi connectivity index (χ4n) is 6.49. The van der Waals surface area contributed by atoms with E-state index in [0.717, 1.165) is 0 Å². The molecule has 2 aromatic carbocycles. The number of hydrogen-bond acceptors (Lipinski definition) is 9. The quantitative estimate of drug-likeness (QED) is 0.325. The van der Waals surface area contributed by atoms with Crippen molar-refractivity contribution in [1.82, 2.24) is 4.90 Å². The number of primary amides is 1. The lowest BCUT2D eigenvalue weighted by Gasteiger charge is -2.53. The van der Waals surface area contributed by atoms with Crippen molar-refractivity contribution >= 4 is 23.2 Å². The molecule has 0 unspecified atom stereocenters. The molecule has 10 nitrogen and oxygen atoms in total. The third kappa shape index (κ3) is 3.14. The molecule has 5 rings (SSSR count). The number of carbonyl (C=O) groups excluding carboxylic acids is 3. The zero-order valence-corrected chi connectivity index (χ0v) is 21.0. The standard InChI is InChI=1S/C28H28N2O8/c1-27(37)14-11-15-21(30(2)3)23(33)19(26(29)36)25(35)28(15,38)24(34)17(14)22(32)18-16(31)10-9-13(20(18)27)12-7-5-4-6-8-12/h4-10,14-15,21,31-32,35,37-38H,11H2,1-3H3,(H2,29,36)/t14-,15-,21-,27-,28-/m0/s1. The number of hydrogen-bond donors (Lipinski definition) is 6. The molecule has 10 heteroatoms. The molecule has 5 atom stereocenters. The number of carbonyl (C=O) groups is 3. The second-order valence-electron chi connectivity index (χ2n) is 10.5. The van der Waals surface area contributed by atoms with Gasteiger partial charge in [0.25, 0.3) is 5.91 Å². The van der Waals surface area contributed by atoms with Crippen LogP contribution < -0.4 is 5.73 Å². The number of phenols is 1. The zero-order valence-electron chi connectivity index (χ0n) is 21.0. The number of nitrogens with zero attached hydrogens (tertiary/aromatic N) is 1. The van der Waals surface area contributed by atoms with Gasteiger partial charge in [-0.15, -0.1) is 0 Å². The highest BCUT2D eigenvalue weighted by Crippen LogP contribution is 2.58. The van der Waals surface area contributed by atoms with Crippen LogP contribution in [0.25, 0.3) is 16.9 Å². The van der Waals surface area contributed by atoms with Gasteiger partial charge < -0.3 is 31.3 Å². The lowest BCUT2D eigenvalue weighted by Crippen LogP contribution is -2.67. The minimum Gasteiger partial charge on any atom is -0.508 e. The van der Waals surface area contributed by atoms with Crippen molar-refractivity contribution in [2.24, 2.45) is 17.6 Å². The number of Topliss-reactive ketones (excluding diaryl/α,β-unsaturated/α-hetero) is 2. The molecule has 0 spiro atoms. The van der Waals surface area contributed by atoms with Crippen molar-refractivity contribution in [1.29, 1.82) is 0 Å². The first kappa shape index (κ1) is 25.7. The van der Waals surface area contributed by atoms with Crippen LogP contribution in [-0.2, 0) is 20.0 Å². The molecule has 7 N–H and O–H groups in total. The summed E-state index contributed by atoms with van der Waals surface area (Å²) in [4.78, 5) is 40.8. The summed E-state index contributed by atoms with van der Waals surface area (Å²) in [5.74, 6) is -8.08. The molecule has 0 radical (unpaired) electrons. The topological polar surface area (TPSA) is 182 Å². The molecule has 0 aromatic heterocycles. The van der Waals surface area contributed by atoms with E-state index in [-0.39, 0.29) is 17.5 Å². The summed E-state index contributed by atoms with van der Waals surface area (Å²) in [7, 11) is 3.02. The van der Waals surface area contributed by atoms with Gasteiger partial charge in [-0.25, -0.2) is 0 Å². The normalized spacial score (nSPS) is 30.7. The van der Waals surface area contributed by atoms with Crippen LogP contribution in [0.2, 0.25) is 0 Å². The van der Waals surface area contributed by atoms with Crippen molar-refractivity contribution in [3.8, 4) is 16.9 Å². The van der Waals surface area contributed by atoms with Gasteiger partial charge in [0.15, 0.2) is 11.4 Å². The Balaban J connectivity index is 1.83. The second-order valence-corrected chi connectivity index (χ2v) is 10.5. The van der Waals surface area contributed by atoms with Crippen LogP contribution in [0, 0.1) is 11.8 Å². The summed E-state index contributed by atoms with van der Waals surface area (Å²) in [6, 6.07) is 10.6. The van der Waals surface area contributed by atoms with Gasteiger partial charge in [0, 0.05) is 23.0 Å². The number of aliphatic hydroxyl groups is 4. The third-order valence-corrected chi connectivity index (χ3v) is 8.21. The van der Waals surface area contributed by atoms with Gasteiger partial charge in [0.05, 0.1) is 17.2 Å². The minimum atomic E-state index is -2.78. The van der Waals surface area contributed by atoms with Crippen molar-refractivity contribution in [2.75, 3.05) is 14.1 Å². The maximum absolute atomic E-state index is 14.0. The smallest absolute Gasteiger partial charge is 0.255 e. The van der Waals surface area contributed by atoms with Crippen molar-refractivity contribution < 1.29 is 39.9 Å². The number of rotatable bonds is 3. The molecular formula is C28H28N2O8. The lowest BCUT2D eigenvalue weighted by molar-refractivity contribution is -0.159. The monoisotopic (exact) mass is 520 g/mol. The highest BCUT2D eigenvalue weighted by molar-refractivity contribution is 6.24. The Hall–Kier alpha value is -3.99. The second kappa shape index (κ2) is 8.26. The summed E-state index contributed by atoms with van der Waals surface area (Å²) in [5, 5.41) is 56.9. The van der Waals surface area contributed by atoms with E-state index in [9.17, 15) is 39.9 Å². The Morgan fingerprint density at radius 3 is 2.24 bits per heavy atom. The molecular weight excluding hydrogens is 492 g/mol. The molecule has 1 fully saturated rings. The van der Waals surface area contributed by atoms with Gasteiger partial charge in [-0.05, 0) is 44.6 Å². The van der Waals surface area contributed by atoms with Crippen LogP contribution >= 0.6 is 0 Å². The van der Waals surface area contributed by atoms with Crippen LogP contribution in [0.1, 0.15) is 24.5 Å². The van der Waals surface area contributed by atoms with E-state index in [4.69, 9.17) is 5.73 Å². The van der Waals surface area contributed by atoms with Crippen molar-refractivity contribution in [3.63, 3.8) is 0 Å². The first-order valence-corrected chi connectivity index (χ1v) is 12.0. The van der Waals surface area contributed by atoms with Crippen molar-refractivity contribution in [2.45, 2.75) is 30.6 Å². The average molecular weight is 521 g/mol. The van der Waals surface area contributed by atoms with E-state index in [1.165, 1.54) is 32.0 Å². The van der Waals surface area contributed by atoms with Gasteiger partial charge >= 0.3 is 0 Å². The van der Waals surface area contributed by atoms with E-state index in [1.807, 2.05) is 6.07 Å². The third-order valence-electron chi connectivity index (χ3n) is 8.21. The van der Waals surface area contributed by atoms with E-state index in [1.54, 1.807) is 30.3 Å². The van der Waals surface area contributed by atoms with Gasteiger partial charge in [-0.3, -0.25) is 19.3 Å². The number of likely N-dealkylation sites (N-methyl/N-ethyl adjacent to an activating group) is 1. The average Bonchev–Trinajstić information content (AvgIpc) is 2.84. The van der Waals surface area contributed by atoms with Gasteiger partial charge in [0.2, 0.25) is 5.78 Å². The van der Waals surface area contributed by atoms with E-state index >= 15 is 0 Å². The van der Waals surface area contributed by atoms with Gasteiger partial charge in [0.1, 0.15) is 22.8 Å². The summed E-state index contributed by atoms with van der Waals surface area (Å²) < 4.78 is 0. The zero-order chi connectivity index (χ0) is 27.9. The van der Waals surface area contributed by atoms with Gasteiger partial charge in [-0.1, -0.05) is 36.4 Å².